The van der Waals surface area contributed by atoms with Crippen molar-refractivity contribution in [3.05, 3.63) is 40.2 Å². The van der Waals surface area contributed by atoms with Crippen LogP contribution in [-0.2, 0) is 11.2 Å². The molecular formula is C15H16O4. The minimum Gasteiger partial charge on any atom is -0.452 e. The topological polar surface area (TPSA) is 55.8 Å². The van der Waals surface area contributed by atoms with Crippen LogP contribution in [0.1, 0.15) is 48.5 Å². The fourth-order valence-electron chi connectivity index (χ4n) is 2.62. The number of ketones is 1. The lowest BCUT2D eigenvalue weighted by Gasteiger charge is -2.28. The smallest absolute Gasteiger partial charge is 0.231 e. The molecule has 2 aliphatic heterocycles. The van der Waals surface area contributed by atoms with E-state index >= 15 is 0 Å². The largest absolute Gasteiger partial charge is 0.452 e. The number of benzene rings is 1. The molecule has 3 rings (SSSR count). The molecule has 4 nitrogen and oxygen atoms in total. The Bertz CT molecular complexity index is 596. The summed E-state index contributed by atoms with van der Waals surface area (Å²) in [6.45, 7) is 5.58. The van der Waals surface area contributed by atoms with Gasteiger partial charge in [-0.15, -0.1) is 0 Å². The van der Waals surface area contributed by atoms with Crippen LogP contribution in [0.4, 0.5) is 0 Å². The second-order valence-electron chi connectivity index (χ2n) is 5.28. The first kappa shape index (κ1) is 12.4. The van der Waals surface area contributed by atoms with Crippen molar-refractivity contribution >= 4 is 5.78 Å². The van der Waals surface area contributed by atoms with Crippen molar-refractivity contribution in [1.29, 1.82) is 0 Å². The van der Waals surface area contributed by atoms with Gasteiger partial charge in [0.15, 0.2) is 12.0 Å². The molecular weight excluding hydrogens is 244 g/mol. The zero-order valence-electron chi connectivity index (χ0n) is 11.2. The lowest BCUT2D eigenvalue weighted by atomic mass is 9.94. The molecule has 0 unspecified atom stereocenters. The van der Waals surface area contributed by atoms with Crippen LogP contribution in [0.15, 0.2) is 23.5 Å². The van der Waals surface area contributed by atoms with Gasteiger partial charge >= 0.3 is 0 Å². The number of hydrogen-bond donors (Lipinski definition) is 1. The van der Waals surface area contributed by atoms with Gasteiger partial charge in [-0.1, -0.05) is 6.07 Å². The Morgan fingerprint density at radius 2 is 2.11 bits per heavy atom. The Hall–Kier alpha value is -1.65. The van der Waals surface area contributed by atoms with Crippen LogP contribution in [0.2, 0.25) is 0 Å². The summed E-state index contributed by atoms with van der Waals surface area (Å²) in [5.41, 5.74) is 2.91. The third kappa shape index (κ3) is 1.79. The van der Waals surface area contributed by atoms with Gasteiger partial charge in [-0.25, -0.2) is 0 Å². The van der Waals surface area contributed by atoms with E-state index in [2.05, 4.69) is 0 Å². The third-order valence-corrected chi connectivity index (χ3v) is 3.51. The number of carbonyl (C=O) groups excluding carboxylic acids is 1. The number of aliphatic hydroxyl groups excluding tert-OH is 1. The quantitative estimate of drug-likeness (QED) is 0.728. The predicted octanol–water partition coefficient (Wildman–Crippen LogP) is 2.51. The highest BCUT2D eigenvalue weighted by Gasteiger charge is 2.36. The van der Waals surface area contributed by atoms with E-state index in [1.807, 2.05) is 26.8 Å². The molecule has 0 fully saturated rings. The molecule has 0 radical (unpaired) electrons. The van der Waals surface area contributed by atoms with Crippen molar-refractivity contribution in [3.8, 4) is 5.75 Å². The number of fused-ring (bicyclic) bond motifs is 3. The van der Waals surface area contributed by atoms with Crippen LogP contribution in [0.5, 0.6) is 5.75 Å². The van der Waals surface area contributed by atoms with Crippen LogP contribution >= 0.6 is 0 Å². The molecule has 0 aliphatic carbocycles. The van der Waals surface area contributed by atoms with Gasteiger partial charge in [-0.05, 0) is 44.4 Å². The summed E-state index contributed by atoms with van der Waals surface area (Å²) in [6.07, 6.45) is -0.361. The first-order valence-corrected chi connectivity index (χ1v) is 6.38. The molecule has 0 bridgehead atoms. The van der Waals surface area contributed by atoms with Crippen LogP contribution in [0.3, 0.4) is 0 Å². The molecule has 2 aliphatic rings. The summed E-state index contributed by atoms with van der Waals surface area (Å²) in [7, 11) is 0. The molecule has 4 heteroatoms. The Labute approximate surface area is 111 Å². The second kappa shape index (κ2) is 4.18. The normalized spacial score (nSPS) is 24.8. The number of hydrogen-bond acceptors (Lipinski definition) is 4. The number of rotatable bonds is 0. The first-order chi connectivity index (χ1) is 8.99. The number of aliphatic hydroxyl groups is 1. The molecule has 1 N–H and O–H groups in total. The molecule has 2 heterocycles. The highest BCUT2D eigenvalue weighted by Crippen LogP contribution is 2.43. The molecule has 1 aromatic rings. The molecule has 0 spiro atoms. The fourth-order valence-corrected chi connectivity index (χ4v) is 2.62. The number of ether oxygens (including phenoxy) is 2. The van der Waals surface area contributed by atoms with Gasteiger partial charge in [-0.2, -0.15) is 0 Å². The van der Waals surface area contributed by atoms with E-state index in [9.17, 15) is 9.90 Å². The number of allylic oxidation sites excluding steroid dienone is 2. The van der Waals surface area contributed by atoms with Gasteiger partial charge in [-0.3, -0.25) is 4.79 Å². The van der Waals surface area contributed by atoms with Crippen molar-refractivity contribution in [1.82, 2.24) is 0 Å². The van der Waals surface area contributed by atoms with E-state index in [4.69, 9.17) is 9.47 Å². The second-order valence-corrected chi connectivity index (χ2v) is 5.28. The minimum absolute atomic E-state index is 0.0411. The standard InChI is InChI=1S/C15H16O4/c1-7(2)13-12(16)10-5-4-9-6-8(3)18-15(17)11(9)14(10)19-13/h4-5,8,15,17H,6H2,1-3H3/t8-,15-/m0/s1. The van der Waals surface area contributed by atoms with Crippen molar-refractivity contribution < 1.29 is 19.4 Å². The summed E-state index contributed by atoms with van der Waals surface area (Å²) in [6, 6.07) is 3.66. The van der Waals surface area contributed by atoms with Gasteiger partial charge < -0.3 is 14.6 Å². The SMILES string of the molecule is CC(C)=C1Oc2c(ccc3c2[C@@H](O)O[C@@H](C)C3)C1=O. The lowest BCUT2D eigenvalue weighted by molar-refractivity contribution is -0.144. The summed E-state index contributed by atoms with van der Waals surface area (Å²) in [4.78, 5) is 12.2. The van der Waals surface area contributed by atoms with Crippen molar-refractivity contribution in [3.63, 3.8) is 0 Å². The summed E-state index contributed by atoms with van der Waals surface area (Å²) in [5.74, 6) is 0.691. The van der Waals surface area contributed by atoms with E-state index in [1.165, 1.54) is 0 Å². The maximum atomic E-state index is 12.2. The Morgan fingerprint density at radius 3 is 2.79 bits per heavy atom. The van der Waals surface area contributed by atoms with Gasteiger partial charge in [0.1, 0.15) is 5.75 Å². The zero-order valence-corrected chi connectivity index (χ0v) is 11.2. The average Bonchev–Trinajstić information content (AvgIpc) is 2.66. The van der Waals surface area contributed by atoms with Crippen molar-refractivity contribution in [2.75, 3.05) is 0 Å². The van der Waals surface area contributed by atoms with Crippen LogP contribution in [-0.4, -0.2) is 17.0 Å². The highest BCUT2D eigenvalue weighted by atomic mass is 16.6. The molecule has 100 valence electrons. The molecule has 2 atom stereocenters. The summed E-state index contributed by atoms with van der Waals surface area (Å²) < 4.78 is 11.1. The lowest BCUT2D eigenvalue weighted by Crippen LogP contribution is -2.24. The molecule has 1 aromatic carbocycles. The molecule has 0 saturated carbocycles. The fraction of sp³-hybridized carbons (Fsp3) is 0.400. The monoisotopic (exact) mass is 260 g/mol. The number of Topliss-reactive ketones (excluding diaryl/α,β-unsaturated/α-hetero) is 1. The van der Waals surface area contributed by atoms with E-state index < -0.39 is 6.29 Å². The summed E-state index contributed by atoms with van der Waals surface area (Å²) in [5, 5.41) is 10.1. The maximum Gasteiger partial charge on any atom is 0.231 e. The zero-order chi connectivity index (χ0) is 13.7. The van der Waals surface area contributed by atoms with E-state index in [-0.39, 0.29) is 11.9 Å². The molecule has 0 saturated heterocycles. The Kier molecular flexibility index (Phi) is 2.73. The maximum absolute atomic E-state index is 12.2. The van der Waals surface area contributed by atoms with Crippen LogP contribution in [0.25, 0.3) is 0 Å². The van der Waals surface area contributed by atoms with Gasteiger partial charge in [0.25, 0.3) is 0 Å². The van der Waals surface area contributed by atoms with E-state index in [1.54, 1.807) is 6.07 Å². The predicted molar refractivity (Wildman–Crippen MR) is 69.0 cm³/mol. The number of carbonyl (C=O) groups is 1. The van der Waals surface area contributed by atoms with Crippen molar-refractivity contribution in [2.24, 2.45) is 0 Å². The van der Waals surface area contributed by atoms with Gasteiger partial charge in [0.05, 0.1) is 17.2 Å². The molecule has 19 heavy (non-hydrogen) atoms. The van der Waals surface area contributed by atoms with Gasteiger partial charge in [0.2, 0.25) is 5.78 Å². The average molecular weight is 260 g/mol. The van der Waals surface area contributed by atoms with E-state index in [0.29, 0.717) is 29.1 Å². The minimum atomic E-state index is -1.03. The Morgan fingerprint density at radius 1 is 1.37 bits per heavy atom. The Balaban J connectivity index is 2.17. The molecule has 0 amide bonds. The first-order valence-electron chi connectivity index (χ1n) is 6.38. The van der Waals surface area contributed by atoms with Crippen LogP contribution in [0, 0.1) is 0 Å². The molecule has 0 aromatic heterocycles. The summed E-state index contributed by atoms with van der Waals surface area (Å²) >= 11 is 0. The highest BCUT2D eigenvalue weighted by molar-refractivity contribution is 6.13. The van der Waals surface area contributed by atoms with Crippen LogP contribution < -0.4 is 4.74 Å². The van der Waals surface area contributed by atoms with Gasteiger partial charge in [0, 0.05) is 0 Å². The third-order valence-electron chi connectivity index (χ3n) is 3.51. The van der Waals surface area contributed by atoms with Crippen molar-refractivity contribution in [2.45, 2.75) is 39.6 Å². The van der Waals surface area contributed by atoms with E-state index in [0.717, 1.165) is 11.1 Å².